The topological polar surface area (TPSA) is 61.8 Å². The molecule has 0 aliphatic carbocycles. The smallest absolute Gasteiger partial charge is 0.238 e. The number of benzene rings is 3. The van der Waals surface area contributed by atoms with Gasteiger partial charge in [-0.05, 0) is 66.6 Å². The summed E-state index contributed by atoms with van der Waals surface area (Å²) in [6.07, 6.45) is 0.567. The highest BCUT2D eigenvalue weighted by Crippen LogP contribution is 2.31. The third-order valence-electron chi connectivity index (χ3n) is 5.15. The van der Waals surface area contributed by atoms with E-state index in [2.05, 4.69) is 10.3 Å². The molecule has 1 N–H and O–H groups in total. The van der Waals surface area contributed by atoms with E-state index in [0.717, 1.165) is 5.56 Å². The maximum atomic E-state index is 13.4. The maximum absolute atomic E-state index is 13.4. The van der Waals surface area contributed by atoms with E-state index in [1.807, 2.05) is 12.1 Å². The Morgan fingerprint density at radius 2 is 1.66 bits per heavy atom. The van der Waals surface area contributed by atoms with Crippen LogP contribution in [0.25, 0.3) is 0 Å². The standard InChI is InChI=1S/C25H19Cl3FN3O2S/c26-16-3-1-15(2-4-16)9-10-32-23(33)14-22(24(34)30-21-12-17(27)11-18(28)13-21)35-25(32)31-20-7-5-19(29)6-8-20/h1-8,11-13,22H,9-10,14H2,(H,30,34). The van der Waals surface area contributed by atoms with Crippen LogP contribution in [0.1, 0.15) is 12.0 Å². The molecule has 1 heterocycles. The van der Waals surface area contributed by atoms with E-state index in [9.17, 15) is 14.0 Å². The van der Waals surface area contributed by atoms with Crippen LogP contribution in [0.5, 0.6) is 0 Å². The second kappa shape index (κ2) is 11.4. The molecule has 3 aromatic carbocycles. The van der Waals surface area contributed by atoms with Crippen molar-refractivity contribution in [3.05, 3.63) is 93.2 Å². The van der Waals surface area contributed by atoms with Crippen LogP contribution in [0.3, 0.4) is 0 Å². The van der Waals surface area contributed by atoms with Crippen molar-refractivity contribution in [2.24, 2.45) is 4.99 Å². The highest BCUT2D eigenvalue weighted by molar-refractivity contribution is 8.15. The van der Waals surface area contributed by atoms with E-state index < -0.39 is 11.1 Å². The number of nitrogens with zero attached hydrogens (tertiary/aromatic N) is 2. The molecule has 1 aliphatic rings. The molecule has 180 valence electrons. The van der Waals surface area contributed by atoms with E-state index in [1.54, 1.807) is 35.2 Å². The highest BCUT2D eigenvalue weighted by Gasteiger charge is 2.35. The average Bonchev–Trinajstić information content (AvgIpc) is 2.80. The minimum Gasteiger partial charge on any atom is -0.325 e. The Hall–Kier alpha value is -2.58. The molecule has 1 atom stereocenters. The van der Waals surface area contributed by atoms with Gasteiger partial charge in [-0.15, -0.1) is 0 Å². The Morgan fingerprint density at radius 3 is 2.31 bits per heavy atom. The van der Waals surface area contributed by atoms with E-state index >= 15 is 0 Å². The summed E-state index contributed by atoms with van der Waals surface area (Å²) in [5, 5.41) is 3.81. The monoisotopic (exact) mass is 549 g/mol. The molecule has 0 radical (unpaired) electrons. The van der Waals surface area contributed by atoms with Gasteiger partial charge in [0.15, 0.2) is 5.17 Å². The lowest BCUT2D eigenvalue weighted by atomic mass is 10.1. The third-order valence-corrected chi connectivity index (χ3v) is 7.03. The first-order valence-corrected chi connectivity index (χ1v) is 12.6. The maximum Gasteiger partial charge on any atom is 0.238 e. The van der Waals surface area contributed by atoms with Crippen molar-refractivity contribution in [3.8, 4) is 0 Å². The summed E-state index contributed by atoms with van der Waals surface area (Å²) >= 11 is 19.2. The molecule has 35 heavy (non-hydrogen) atoms. The number of rotatable bonds is 6. The lowest BCUT2D eigenvalue weighted by Gasteiger charge is -2.32. The first kappa shape index (κ1) is 25.5. The normalized spacial score (nSPS) is 17.0. The number of aliphatic imine (C=N–C) groups is 1. The van der Waals surface area contributed by atoms with Crippen molar-refractivity contribution >= 4 is 74.9 Å². The summed E-state index contributed by atoms with van der Waals surface area (Å²) < 4.78 is 13.4. The first-order chi connectivity index (χ1) is 16.8. The van der Waals surface area contributed by atoms with E-state index in [0.29, 0.717) is 44.6 Å². The molecule has 0 saturated carbocycles. The number of amidine groups is 1. The number of amides is 2. The second-order valence-corrected chi connectivity index (χ2v) is 10.2. The van der Waals surface area contributed by atoms with Gasteiger partial charge in [0.25, 0.3) is 0 Å². The number of nitrogens with one attached hydrogen (secondary N) is 1. The predicted octanol–water partition coefficient (Wildman–Crippen LogP) is 6.99. The molecular weight excluding hydrogens is 532 g/mol. The largest absolute Gasteiger partial charge is 0.325 e. The van der Waals surface area contributed by atoms with Gasteiger partial charge in [-0.2, -0.15) is 0 Å². The molecule has 1 unspecified atom stereocenters. The molecule has 10 heteroatoms. The quantitative estimate of drug-likeness (QED) is 0.360. The molecule has 1 fully saturated rings. The molecule has 4 rings (SSSR count). The van der Waals surface area contributed by atoms with Crippen LogP contribution < -0.4 is 5.32 Å². The highest BCUT2D eigenvalue weighted by atomic mass is 35.5. The zero-order chi connectivity index (χ0) is 24.9. The van der Waals surface area contributed by atoms with Crippen LogP contribution in [-0.2, 0) is 16.0 Å². The Kier molecular flexibility index (Phi) is 8.34. The fourth-order valence-electron chi connectivity index (χ4n) is 3.43. The molecule has 0 aromatic heterocycles. The van der Waals surface area contributed by atoms with Crippen LogP contribution >= 0.6 is 46.6 Å². The lowest BCUT2D eigenvalue weighted by Crippen LogP contribution is -2.46. The van der Waals surface area contributed by atoms with Crippen LogP contribution in [0.2, 0.25) is 15.1 Å². The summed E-state index contributed by atoms with van der Waals surface area (Å²) in [7, 11) is 0. The van der Waals surface area contributed by atoms with Crippen LogP contribution in [0, 0.1) is 5.82 Å². The minimum absolute atomic E-state index is 0.00610. The van der Waals surface area contributed by atoms with Crippen molar-refractivity contribution in [2.75, 3.05) is 11.9 Å². The summed E-state index contributed by atoms with van der Waals surface area (Å²) in [5.41, 5.74) is 1.91. The number of anilines is 1. The molecule has 0 spiro atoms. The summed E-state index contributed by atoms with van der Waals surface area (Å²) in [5.74, 6) is -0.993. The van der Waals surface area contributed by atoms with Crippen molar-refractivity contribution in [1.82, 2.24) is 4.90 Å². The van der Waals surface area contributed by atoms with Gasteiger partial charge in [0.2, 0.25) is 11.8 Å². The number of carbonyl (C=O) groups is 2. The van der Waals surface area contributed by atoms with E-state index in [1.165, 1.54) is 36.0 Å². The third kappa shape index (κ3) is 6.98. The Bertz CT molecular complexity index is 1250. The zero-order valence-electron chi connectivity index (χ0n) is 18.2. The molecule has 5 nitrogen and oxygen atoms in total. The zero-order valence-corrected chi connectivity index (χ0v) is 21.3. The van der Waals surface area contributed by atoms with Crippen LogP contribution in [0.4, 0.5) is 15.8 Å². The summed E-state index contributed by atoms with van der Waals surface area (Å²) in [6, 6.07) is 17.7. The van der Waals surface area contributed by atoms with Gasteiger partial charge in [0.05, 0.1) is 5.69 Å². The SMILES string of the molecule is O=C(Nc1cc(Cl)cc(Cl)c1)C1CC(=O)N(CCc2ccc(Cl)cc2)C(=Nc2ccc(F)cc2)S1. The van der Waals surface area contributed by atoms with Crippen LogP contribution in [-0.4, -0.2) is 33.7 Å². The Morgan fingerprint density at radius 1 is 1.00 bits per heavy atom. The van der Waals surface area contributed by atoms with Crippen molar-refractivity contribution in [3.63, 3.8) is 0 Å². The number of hydrogen-bond acceptors (Lipinski definition) is 4. The number of carbonyl (C=O) groups excluding carboxylic acids is 2. The number of hydrogen-bond donors (Lipinski definition) is 1. The van der Waals surface area contributed by atoms with E-state index in [4.69, 9.17) is 34.8 Å². The molecule has 3 aromatic rings. The summed E-state index contributed by atoms with van der Waals surface area (Å²) in [4.78, 5) is 32.2. The van der Waals surface area contributed by atoms with Crippen molar-refractivity contribution in [2.45, 2.75) is 18.1 Å². The predicted molar refractivity (Wildman–Crippen MR) is 141 cm³/mol. The van der Waals surface area contributed by atoms with E-state index in [-0.39, 0.29) is 18.2 Å². The lowest BCUT2D eigenvalue weighted by molar-refractivity contribution is -0.129. The van der Waals surface area contributed by atoms with Crippen molar-refractivity contribution in [1.29, 1.82) is 0 Å². The average molecular weight is 551 g/mol. The number of thioether (sulfide) groups is 1. The van der Waals surface area contributed by atoms with Gasteiger partial charge < -0.3 is 5.32 Å². The fraction of sp³-hybridized carbons (Fsp3) is 0.160. The molecule has 0 bridgehead atoms. The van der Waals surface area contributed by atoms with Gasteiger partial charge in [0, 0.05) is 33.7 Å². The molecular formula is C25H19Cl3FN3O2S. The molecule has 1 aliphatic heterocycles. The van der Waals surface area contributed by atoms with Gasteiger partial charge in [0.1, 0.15) is 11.1 Å². The van der Waals surface area contributed by atoms with Gasteiger partial charge in [-0.25, -0.2) is 9.38 Å². The first-order valence-electron chi connectivity index (χ1n) is 10.6. The van der Waals surface area contributed by atoms with Crippen LogP contribution in [0.15, 0.2) is 71.7 Å². The van der Waals surface area contributed by atoms with Crippen molar-refractivity contribution < 1.29 is 14.0 Å². The minimum atomic E-state index is -0.716. The molecule has 2 amide bonds. The fourth-order valence-corrected chi connectivity index (χ4v) is 5.20. The Labute approximate surface area is 221 Å². The van der Waals surface area contributed by atoms with Gasteiger partial charge in [-0.3, -0.25) is 14.5 Å². The molecule has 1 saturated heterocycles. The summed E-state index contributed by atoms with van der Waals surface area (Å²) in [6.45, 7) is 0.367. The van der Waals surface area contributed by atoms with Gasteiger partial charge in [-0.1, -0.05) is 58.7 Å². The van der Waals surface area contributed by atoms with Gasteiger partial charge >= 0.3 is 0 Å². The second-order valence-electron chi connectivity index (χ2n) is 7.75. The Balaban J connectivity index is 1.55. The number of halogens is 4.